The van der Waals surface area contributed by atoms with Gasteiger partial charge in [0.05, 0.1) is 5.41 Å². The van der Waals surface area contributed by atoms with E-state index in [4.69, 9.17) is 0 Å². The van der Waals surface area contributed by atoms with Crippen LogP contribution in [0.15, 0.2) is 0 Å². The zero-order valence-corrected chi connectivity index (χ0v) is 12.8. The van der Waals surface area contributed by atoms with Crippen molar-refractivity contribution in [2.45, 2.75) is 52.0 Å². The zero-order valence-electron chi connectivity index (χ0n) is 12.8. The number of hydrogen-bond donors (Lipinski definition) is 1. The van der Waals surface area contributed by atoms with Crippen molar-refractivity contribution < 1.29 is 19.5 Å². The lowest BCUT2D eigenvalue weighted by Gasteiger charge is -2.37. The van der Waals surface area contributed by atoms with Gasteiger partial charge in [0.2, 0.25) is 11.8 Å². The molecule has 6 nitrogen and oxygen atoms in total. The molecule has 0 aromatic heterocycles. The summed E-state index contributed by atoms with van der Waals surface area (Å²) >= 11 is 0. The van der Waals surface area contributed by atoms with Crippen LogP contribution in [-0.4, -0.2) is 58.4 Å². The van der Waals surface area contributed by atoms with Crippen LogP contribution in [0.25, 0.3) is 0 Å². The maximum absolute atomic E-state index is 12.7. The molecular formula is C15H24N2O4. The fraction of sp³-hybridized carbons (Fsp3) is 0.800. The molecule has 2 unspecified atom stereocenters. The lowest BCUT2D eigenvalue weighted by atomic mass is 9.90. The van der Waals surface area contributed by atoms with Gasteiger partial charge in [-0.3, -0.25) is 14.4 Å². The van der Waals surface area contributed by atoms with Crippen molar-refractivity contribution in [2.24, 2.45) is 5.41 Å². The van der Waals surface area contributed by atoms with Crippen molar-refractivity contribution in [3.63, 3.8) is 0 Å². The topological polar surface area (TPSA) is 77.9 Å². The lowest BCUT2D eigenvalue weighted by Crippen LogP contribution is -2.52. The highest BCUT2D eigenvalue weighted by Crippen LogP contribution is 2.32. The van der Waals surface area contributed by atoms with Crippen LogP contribution in [-0.2, 0) is 14.4 Å². The first-order valence-electron chi connectivity index (χ1n) is 7.70. The van der Waals surface area contributed by atoms with Gasteiger partial charge in [-0.1, -0.05) is 6.92 Å². The Kier molecular flexibility index (Phi) is 4.54. The van der Waals surface area contributed by atoms with Gasteiger partial charge >= 0.3 is 5.97 Å². The van der Waals surface area contributed by atoms with Crippen LogP contribution in [0.5, 0.6) is 0 Å². The van der Waals surface area contributed by atoms with Crippen molar-refractivity contribution in [3.05, 3.63) is 0 Å². The number of carbonyl (C=O) groups excluding carboxylic acids is 2. The van der Waals surface area contributed by atoms with E-state index < -0.39 is 17.4 Å². The third-order valence-electron chi connectivity index (χ3n) is 4.71. The summed E-state index contributed by atoms with van der Waals surface area (Å²) in [5.74, 6) is -0.933. The van der Waals surface area contributed by atoms with E-state index >= 15 is 0 Å². The van der Waals surface area contributed by atoms with Gasteiger partial charge in [-0.15, -0.1) is 0 Å². The number of hydrogen-bond acceptors (Lipinski definition) is 3. The molecule has 2 atom stereocenters. The van der Waals surface area contributed by atoms with E-state index in [9.17, 15) is 19.5 Å². The van der Waals surface area contributed by atoms with Gasteiger partial charge in [-0.25, -0.2) is 0 Å². The Labute approximate surface area is 125 Å². The summed E-state index contributed by atoms with van der Waals surface area (Å²) in [7, 11) is 0. The zero-order chi connectivity index (χ0) is 15.6. The van der Waals surface area contributed by atoms with Crippen LogP contribution < -0.4 is 0 Å². The van der Waals surface area contributed by atoms with Crippen LogP contribution in [0, 0.1) is 5.41 Å². The fourth-order valence-corrected chi connectivity index (χ4v) is 3.22. The SMILES string of the molecule is CCC(=O)N1CCCCC1C(=O)N1CCC(C)(C(=O)O)C1. The first-order valence-corrected chi connectivity index (χ1v) is 7.70. The number of carboxylic acid groups (broad SMARTS) is 1. The van der Waals surface area contributed by atoms with Crippen LogP contribution in [0.1, 0.15) is 46.0 Å². The van der Waals surface area contributed by atoms with Crippen molar-refractivity contribution in [2.75, 3.05) is 19.6 Å². The monoisotopic (exact) mass is 296 g/mol. The summed E-state index contributed by atoms with van der Waals surface area (Å²) in [4.78, 5) is 39.3. The van der Waals surface area contributed by atoms with Gasteiger partial charge < -0.3 is 14.9 Å². The van der Waals surface area contributed by atoms with Crippen molar-refractivity contribution >= 4 is 17.8 Å². The molecule has 2 heterocycles. The first kappa shape index (κ1) is 15.8. The minimum absolute atomic E-state index is 0.00763. The molecule has 6 heteroatoms. The number of amides is 2. The highest BCUT2D eigenvalue weighted by Gasteiger charge is 2.44. The normalized spacial score (nSPS) is 29.5. The molecule has 2 amide bonds. The lowest BCUT2D eigenvalue weighted by molar-refractivity contribution is -0.150. The number of nitrogens with zero attached hydrogens (tertiary/aromatic N) is 2. The average Bonchev–Trinajstić information content (AvgIpc) is 2.89. The molecule has 1 N–H and O–H groups in total. The summed E-state index contributed by atoms with van der Waals surface area (Å²) in [6.45, 7) is 4.82. The van der Waals surface area contributed by atoms with Gasteiger partial charge in [0.15, 0.2) is 0 Å². The Balaban J connectivity index is 2.08. The summed E-state index contributed by atoms with van der Waals surface area (Å²) in [6.07, 6.45) is 3.43. The molecule has 21 heavy (non-hydrogen) atoms. The Morgan fingerprint density at radius 2 is 1.95 bits per heavy atom. The van der Waals surface area contributed by atoms with Crippen LogP contribution in [0.4, 0.5) is 0 Å². The molecule has 0 saturated carbocycles. The Bertz CT molecular complexity index is 451. The molecule has 2 fully saturated rings. The second kappa shape index (κ2) is 6.03. The van der Waals surface area contributed by atoms with Gasteiger partial charge in [0.25, 0.3) is 0 Å². The quantitative estimate of drug-likeness (QED) is 0.846. The van der Waals surface area contributed by atoms with Crippen molar-refractivity contribution in [3.8, 4) is 0 Å². The molecule has 0 aromatic rings. The smallest absolute Gasteiger partial charge is 0.311 e. The third-order valence-corrected chi connectivity index (χ3v) is 4.71. The Morgan fingerprint density at radius 3 is 2.52 bits per heavy atom. The molecule has 0 bridgehead atoms. The van der Waals surface area contributed by atoms with E-state index in [1.807, 2.05) is 0 Å². The number of likely N-dealkylation sites (tertiary alicyclic amines) is 2. The van der Waals surface area contributed by atoms with Gasteiger partial charge in [-0.2, -0.15) is 0 Å². The second-order valence-corrected chi connectivity index (χ2v) is 6.33. The summed E-state index contributed by atoms with van der Waals surface area (Å²) in [5.41, 5.74) is -0.857. The summed E-state index contributed by atoms with van der Waals surface area (Å²) in [6, 6.07) is -0.401. The van der Waals surface area contributed by atoms with Crippen LogP contribution in [0.2, 0.25) is 0 Å². The number of piperidine rings is 1. The minimum Gasteiger partial charge on any atom is -0.481 e. The Morgan fingerprint density at radius 1 is 1.24 bits per heavy atom. The average molecular weight is 296 g/mol. The third kappa shape index (κ3) is 3.04. The highest BCUT2D eigenvalue weighted by atomic mass is 16.4. The van der Waals surface area contributed by atoms with E-state index in [0.29, 0.717) is 32.4 Å². The predicted molar refractivity (Wildman–Crippen MR) is 76.6 cm³/mol. The largest absolute Gasteiger partial charge is 0.481 e. The summed E-state index contributed by atoms with van der Waals surface area (Å²) < 4.78 is 0. The van der Waals surface area contributed by atoms with Gasteiger partial charge in [0.1, 0.15) is 6.04 Å². The maximum atomic E-state index is 12.7. The molecule has 2 aliphatic rings. The van der Waals surface area contributed by atoms with Gasteiger partial charge in [0, 0.05) is 26.1 Å². The minimum atomic E-state index is -0.858. The van der Waals surface area contributed by atoms with Crippen LogP contribution in [0.3, 0.4) is 0 Å². The van der Waals surface area contributed by atoms with E-state index in [1.165, 1.54) is 0 Å². The molecule has 0 spiro atoms. The molecular weight excluding hydrogens is 272 g/mol. The number of carboxylic acids is 1. The first-order chi connectivity index (χ1) is 9.89. The molecule has 2 rings (SSSR count). The molecule has 118 valence electrons. The second-order valence-electron chi connectivity index (χ2n) is 6.33. The van der Waals surface area contributed by atoms with Crippen molar-refractivity contribution in [1.29, 1.82) is 0 Å². The number of rotatable bonds is 3. The number of carbonyl (C=O) groups is 3. The van der Waals surface area contributed by atoms with E-state index in [1.54, 1.807) is 23.6 Å². The van der Waals surface area contributed by atoms with Gasteiger partial charge in [-0.05, 0) is 32.6 Å². The predicted octanol–water partition coefficient (Wildman–Crippen LogP) is 1.10. The molecule has 2 saturated heterocycles. The summed E-state index contributed by atoms with van der Waals surface area (Å²) in [5, 5.41) is 9.26. The fourth-order valence-electron chi connectivity index (χ4n) is 3.22. The van der Waals surface area contributed by atoms with Crippen LogP contribution >= 0.6 is 0 Å². The number of aliphatic carboxylic acids is 1. The van der Waals surface area contributed by atoms with E-state index in [0.717, 1.165) is 12.8 Å². The highest BCUT2D eigenvalue weighted by molar-refractivity contribution is 5.88. The molecule has 0 aliphatic carbocycles. The molecule has 0 radical (unpaired) electrons. The van der Waals surface area contributed by atoms with E-state index in [2.05, 4.69) is 0 Å². The standard InChI is InChI=1S/C15H24N2O4/c1-3-12(18)17-8-5-4-6-11(17)13(19)16-9-7-15(2,10-16)14(20)21/h11H,3-10H2,1-2H3,(H,20,21). The molecule has 2 aliphatic heterocycles. The molecule has 0 aromatic carbocycles. The maximum Gasteiger partial charge on any atom is 0.311 e. The van der Waals surface area contributed by atoms with E-state index in [-0.39, 0.29) is 18.4 Å². The Hall–Kier alpha value is -1.59. The van der Waals surface area contributed by atoms with Crippen molar-refractivity contribution in [1.82, 2.24) is 9.80 Å².